The van der Waals surface area contributed by atoms with Crippen molar-refractivity contribution >= 4 is 12.2 Å². The van der Waals surface area contributed by atoms with E-state index in [4.69, 9.17) is 12.2 Å². The largest absolute Gasteiger partial charge is 0.301 e. The van der Waals surface area contributed by atoms with Crippen LogP contribution in [0, 0.1) is 4.77 Å². The minimum absolute atomic E-state index is 0.423. The Hall–Kier alpha value is -0.640. The Bertz CT molecular complexity index is 332. The molecule has 0 aliphatic heterocycles. The van der Waals surface area contributed by atoms with E-state index in [1.807, 2.05) is 0 Å². The highest BCUT2D eigenvalue weighted by atomic mass is 32.1. The molecular weight excluding hydrogens is 170 g/mol. The molecule has 3 nitrogen and oxygen atoms in total. The third-order valence-corrected chi connectivity index (χ3v) is 2.48. The van der Waals surface area contributed by atoms with Crippen molar-refractivity contribution in [1.82, 2.24) is 14.8 Å². The van der Waals surface area contributed by atoms with Gasteiger partial charge in [0.25, 0.3) is 0 Å². The molecular formula is C8H13N3S. The molecule has 0 bridgehead atoms. The van der Waals surface area contributed by atoms with Gasteiger partial charge in [-0.2, -0.15) is 5.10 Å². The summed E-state index contributed by atoms with van der Waals surface area (Å²) in [6, 6.07) is 0.423. The highest BCUT2D eigenvalue weighted by molar-refractivity contribution is 7.71. The molecule has 1 aliphatic rings. The van der Waals surface area contributed by atoms with Crippen LogP contribution in [0.4, 0.5) is 0 Å². The van der Waals surface area contributed by atoms with Gasteiger partial charge in [0.15, 0.2) is 4.77 Å². The van der Waals surface area contributed by atoms with Crippen LogP contribution in [0.5, 0.6) is 0 Å². The van der Waals surface area contributed by atoms with Crippen LogP contribution in [0.25, 0.3) is 0 Å². The fraction of sp³-hybridized carbons (Fsp3) is 0.750. The number of nitrogens with one attached hydrogen (secondary N) is 1. The first kappa shape index (κ1) is 7.98. The van der Waals surface area contributed by atoms with Gasteiger partial charge in [0.1, 0.15) is 5.82 Å². The fourth-order valence-electron chi connectivity index (χ4n) is 1.45. The van der Waals surface area contributed by atoms with Gasteiger partial charge in [-0.1, -0.05) is 0 Å². The predicted octanol–water partition coefficient (Wildman–Crippen LogP) is 2.40. The number of hydrogen-bond donors (Lipinski definition) is 1. The smallest absolute Gasteiger partial charge is 0.195 e. The van der Waals surface area contributed by atoms with Crippen LogP contribution < -0.4 is 0 Å². The van der Waals surface area contributed by atoms with Gasteiger partial charge in [0, 0.05) is 12.0 Å². The number of nitrogens with zero attached hydrogens (tertiary/aromatic N) is 2. The Labute approximate surface area is 76.8 Å². The molecule has 0 radical (unpaired) electrons. The van der Waals surface area contributed by atoms with E-state index in [1.165, 1.54) is 12.8 Å². The minimum Gasteiger partial charge on any atom is -0.301 e. The van der Waals surface area contributed by atoms with E-state index in [0.717, 1.165) is 10.6 Å². The number of rotatable bonds is 2. The van der Waals surface area contributed by atoms with E-state index in [1.54, 1.807) is 0 Å². The monoisotopic (exact) mass is 183 g/mol. The molecule has 0 amide bonds. The van der Waals surface area contributed by atoms with Gasteiger partial charge in [0.2, 0.25) is 0 Å². The summed E-state index contributed by atoms with van der Waals surface area (Å²) in [6.07, 6.45) is 2.54. The summed E-state index contributed by atoms with van der Waals surface area (Å²) in [5.74, 6) is 1.82. The second-order valence-corrected chi connectivity index (χ2v) is 4.01. The van der Waals surface area contributed by atoms with Crippen molar-refractivity contribution < 1.29 is 0 Å². The van der Waals surface area contributed by atoms with Gasteiger partial charge < -0.3 is 4.57 Å². The Kier molecular flexibility index (Phi) is 1.79. The van der Waals surface area contributed by atoms with E-state index in [0.29, 0.717) is 12.0 Å². The lowest BCUT2D eigenvalue weighted by Crippen LogP contribution is -2.05. The molecule has 1 fully saturated rings. The third kappa shape index (κ3) is 1.20. The molecule has 2 rings (SSSR count). The van der Waals surface area contributed by atoms with Gasteiger partial charge in [-0.05, 0) is 38.9 Å². The maximum absolute atomic E-state index is 5.14. The molecule has 4 heteroatoms. The van der Waals surface area contributed by atoms with Crippen molar-refractivity contribution in [3.05, 3.63) is 10.6 Å². The molecule has 1 aromatic heterocycles. The van der Waals surface area contributed by atoms with Gasteiger partial charge in [-0.15, -0.1) is 0 Å². The quantitative estimate of drug-likeness (QED) is 0.714. The zero-order valence-electron chi connectivity index (χ0n) is 7.37. The SMILES string of the molecule is CC(C)n1c(C2CC2)n[nH]c1=S. The van der Waals surface area contributed by atoms with Crippen LogP contribution in [0.3, 0.4) is 0 Å². The Morgan fingerprint density at radius 1 is 1.58 bits per heavy atom. The average Bonchev–Trinajstić information content (AvgIpc) is 2.75. The van der Waals surface area contributed by atoms with E-state index in [-0.39, 0.29) is 0 Å². The van der Waals surface area contributed by atoms with E-state index >= 15 is 0 Å². The van der Waals surface area contributed by atoms with Crippen molar-refractivity contribution in [3.8, 4) is 0 Å². The van der Waals surface area contributed by atoms with E-state index in [9.17, 15) is 0 Å². The van der Waals surface area contributed by atoms with Crippen LogP contribution in [0.1, 0.15) is 44.5 Å². The van der Waals surface area contributed by atoms with E-state index < -0.39 is 0 Å². The lowest BCUT2D eigenvalue weighted by molar-refractivity contribution is 0.562. The normalized spacial score (nSPS) is 17.2. The molecule has 0 unspecified atom stereocenters. The summed E-state index contributed by atoms with van der Waals surface area (Å²) >= 11 is 5.14. The van der Waals surface area contributed by atoms with Crippen LogP contribution in [-0.4, -0.2) is 14.8 Å². The number of H-pyrrole nitrogens is 1. The summed E-state index contributed by atoms with van der Waals surface area (Å²) in [5, 5.41) is 7.10. The molecule has 66 valence electrons. The lowest BCUT2D eigenvalue weighted by atomic mass is 10.3. The molecule has 1 aliphatic carbocycles. The zero-order valence-corrected chi connectivity index (χ0v) is 8.19. The molecule has 0 saturated heterocycles. The van der Waals surface area contributed by atoms with Crippen LogP contribution in [0.2, 0.25) is 0 Å². The molecule has 0 aromatic carbocycles. The standard InChI is InChI=1S/C8H13N3S/c1-5(2)11-7(6-3-4-6)9-10-8(11)12/h5-6H,3-4H2,1-2H3,(H,10,12). The third-order valence-electron chi connectivity index (χ3n) is 2.19. The first-order valence-corrected chi connectivity index (χ1v) is 4.77. The summed E-state index contributed by atoms with van der Waals surface area (Å²) in [6.45, 7) is 4.27. The molecule has 1 N–H and O–H groups in total. The summed E-state index contributed by atoms with van der Waals surface area (Å²) in [5.41, 5.74) is 0. The van der Waals surface area contributed by atoms with Crippen molar-refractivity contribution in [2.24, 2.45) is 0 Å². The molecule has 0 spiro atoms. The number of aromatic nitrogens is 3. The molecule has 0 atom stereocenters. The van der Waals surface area contributed by atoms with Gasteiger partial charge in [0.05, 0.1) is 0 Å². The summed E-state index contributed by atoms with van der Waals surface area (Å²) in [4.78, 5) is 0. The van der Waals surface area contributed by atoms with Crippen molar-refractivity contribution in [3.63, 3.8) is 0 Å². The maximum Gasteiger partial charge on any atom is 0.195 e. The minimum atomic E-state index is 0.423. The van der Waals surface area contributed by atoms with Crippen molar-refractivity contribution in [1.29, 1.82) is 0 Å². The second-order valence-electron chi connectivity index (χ2n) is 3.62. The average molecular weight is 183 g/mol. The number of aromatic amines is 1. The van der Waals surface area contributed by atoms with Crippen LogP contribution >= 0.6 is 12.2 Å². The Morgan fingerprint density at radius 3 is 2.75 bits per heavy atom. The van der Waals surface area contributed by atoms with Crippen LogP contribution in [0.15, 0.2) is 0 Å². The molecule has 1 aromatic rings. The number of hydrogen-bond acceptors (Lipinski definition) is 2. The zero-order chi connectivity index (χ0) is 8.72. The van der Waals surface area contributed by atoms with Gasteiger partial charge >= 0.3 is 0 Å². The van der Waals surface area contributed by atoms with Crippen LogP contribution in [-0.2, 0) is 0 Å². The highest BCUT2D eigenvalue weighted by Gasteiger charge is 2.29. The lowest BCUT2D eigenvalue weighted by Gasteiger charge is -2.08. The van der Waals surface area contributed by atoms with Crippen molar-refractivity contribution in [2.45, 2.75) is 38.6 Å². The van der Waals surface area contributed by atoms with Gasteiger partial charge in [-0.25, -0.2) is 0 Å². The molecule has 12 heavy (non-hydrogen) atoms. The van der Waals surface area contributed by atoms with Crippen molar-refractivity contribution in [2.75, 3.05) is 0 Å². The summed E-state index contributed by atoms with van der Waals surface area (Å²) < 4.78 is 2.87. The van der Waals surface area contributed by atoms with Gasteiger partial charge in [-0.3, -0.25) is 5.10 Å². The first-order chi connectivity index (χ1) is 5.70. The summed E-state index contributed by atoms with van der Waals surface area (Å²) in [7, 11) is 0. The highest BCUT2D eigenvalue weighted by Crippen LogP contribution is 2.39. The van der Waals surface area contributed by atoms with E-state index in [2.05, 4.69) is 28.6 Å². The second kappa shape index (κ2) is 2.69. The fourth-order valence-corrected chi connectivity index (χ4v) is 1.80. The topological polar surface area (TPSA) is 33.6 Å². The predicted molar refractivity (Wildman–Crippen MR) is 49.8 cm³/mol. The Balaban J connectivity index is 2.46. The molecule has 1 heterocycles. The Morgan fingerprint density at radius 2 is 2.25 bits per heavy atom. The maximum atomic E-state index is 5.14. The first-order valence-electron chi connectivity index (χ1n) is 4.37. The molecule has 1 saturated carbocycles.